The molecule has 0 saturated heterocycles. The van der Waals surface area contributed by atoms with Crippen molar-refractivity contribution >= 4 is 34.4 Å². The Balaban J connectivity index is 2.72. The van der Waals surface area contributed by atoms with Gasteiger partial charge >= 0.3 is 0 Å². The van der Waals surface area contributed by atoms with Crippen molar-refractivity contribution in [2.45, 2.75) is 19.9 Å². The molecule has 18 heavy (non-hydrogen) atoms. The van der Waals surface area contributed by atoms with E-state index in [-0.39, 0.29) is 6.04 Å². The Bertz CT molecular complexity index is 362. The number of halogens is 1. The maximum atomic E-state index is 5.66. The first-order valence-electron chi connectivity index (χ1n) is 6.01. The lowest BCUT2D eigenvalue weighted by Gasteiger charge is -2.31. The van der Waals surface area contributed by atoms with Crippen LogP contribution in [0, 0.1) is 5.92 Å². The third-order valence-corrected chi connectivity index (χ3v) is 3.24. The molecule has 0 spiro atoms. The van der Waals surface area contributed by atoms with Gasteiger partial charge in [0.2, 0.25) is 5.95 Å². The van der Waals surface area contributed by atoms with Crippen LogP contribution in [-0.4, -0.2) is 40.7 Å². The minimum atomic E-state index is 0.280. The van der Waals surface area contributed by atoms with E-state index in [0.29, 0.717) is 18.5 Å². The van der Waals surface area contributed by atoms with Crippen LogP contribution < -0.4 is 10.6 Å². The van der Waals surface area contributed by atoms with Crippen molar-refractivity contribution in [2.75, 3.05) is 35.3 Å². The molecule has 1 atom stereocenters. The largest absolute Gasteiger partial charge is 0.379 e. The number of rotatable bonds is 7. The van der Waals surface area contributed by atoms with E-state index >= 15 is 0 Å². The van der Waals surface area contributed by atoms with Crippen LogP contribution in [0.5, 0.6) is 0 Å². The second-order valence-corrected chi connectivity index (χ2v) is 5.54. The summed E-state index contributed by atoms with van der Waals surface area (Å²) in [5, 5.41) is 0. The lowest BCUT2D eigenvalue weighted by Crippen LogP contribution is -2.40. The highest BCUT2D eigenvalue weighted by Gasteiger charge is 2.20. The maximum absolute atomic E-state index is 5.66. The van der Waals surface area contributed by atoms with Crippen molar-refractivity contribution < 1.29 is 4.74 Å². The van der Waals surface area contributed by atoms with E-state index in [1.165, 1.54) is 0 Å². The van der Waals surface area contributed by atoms with Crippen LogP contribution in [0.2, 0.25) is 0 Å². The normalized spacial score (nSPS) is 12.7. The monoisotopic (exact) mass is 364 g/mol. The molecule has 2 N–H and O–H groups in total. The highest BCUT2D eigenvalue weighted by atomic mass is 127. The molecule has 0 aliphatic rings. The number of likely N-dealkylation sites (N-methyl/N-ethyl adjacent to an activating group) is 1. The lowest BCUT2D eigenvalue weighted by atomic mass is 10.0. The summed E-state index contributed by atoms with van der Waals surface area (Å²) in [6.07, 6.45) is 1.68. The van der Waals surface area contributed by atoms with Crippen LogP contribution in [0.4, 0.5) is 11.8 Å². The third kappa shape index (κ3) is 4.56. The third-order valence-electron chi connectivity index (χ3n) is 2.80. The summed E-state index contributed by atoms with van der Waals surface area (Å²) in [5.74, 6) is 1.61. The van der Waals surface area contributed by atoms with Gasteiger partial charge in [0, 0.05) is 17.7 Å². The predicted octanol–water partition coefficient (Wildman–Crippen LogP) is 1.97. The van der Waals surface area contributed by atoms with Gasteiger partial charge in [0.15, 0.2) is 0 Å². The van der Waals surface area contributed by atoms with Gasteiger partial charge in [-0.05, 0) is 12.0 Å². The van der Waals surface area contributed by atoms with Gasteiger partial charge in [0.25, 0.3) is 0 Å². The first-order valence-corrected chi connectivity index (χ1v) is 7.54. The quantitative estimate of drug-likeness (QED) is 0.455. The van der Waals surface area contributed by atoms with E-state index in [2.05, 4.69) is 51.3 Å². The summed E-state index contributed by atoms with van der Waals surface area (Å²) in [6, 6.07) is 2.15. The fraction of sp³-hybridized carbons (Fsp3) is 0.667. The zero-order valence-corrected chi connectivity index (χ0v) is 13.3. The summed E-state index contributed by atoms with van der Waals surface area (Å²) < 4.78 is 6.66. The van der Waals surface area contributed by atoms with Gasteiger partial charge in [-0.1, -0.05) is 36.4 Å². The van der Waals surface area contributed by atoms with Crippen LogP contribution in [0.1, 0.15) is 13.8 Å². The number of hydrogen-bond acceptors (Lipinski definition) is 5. The molecular weight excluding hydrogens is 343 g/mol. The molecule has 0 aromatic carbocycles. The lowest BCUT2D eigenvalue weighted by molar-refractivity contribution is 0.122. The van der Waals surface area contributed by atoms with E-state index in [1.54, 1.807) is 6.20 Å². The van der Waals surface area contributed by atoms with Crippen molar-refractivity contribution in [3.63, 3.8) is 0 Å². The first kappa shape index (κ1) is 15.4. The Hall–Kier alpha value is -0.630. The molecule has 0 saturated carbocycles. The van der Waals surface area contributed by atoms with Gasteiger partial charge < -0.3 is 15.4 Å². The Morgan fingerprint density at radius 2 is 2.22 bits per heavy atom. The van der Waals surface area contributed by atoms with E-state index < -0.39 is 0 Å². The molecule has 5 nitrogen and oxygen atoms in total. The molecule has 1 aromatic rings. The SMILES string of the molecule is CC(C)[C@H](COCCI)N(C)c1ccnc(N)n1. The van der Waals surface area contributed by atoms with Crippen LogP contribution in [0.3, 0.4) is 0 Å². The number of ether oxygens (including phenoxy) is 1. The van der Waals surface area contributed by atoms with Crippen molar-refractivity contribution in [3.8, 4) is 0 Å². The predicted molar refractivity (Wildman–Crippen MR) is 83.2 cm³/mol. The standard InChI is InChI=1S/C12H21IN4O/c1-9(2)10(8-18-7-5-13)17(3)11-4-6-15-12(14)16-11/h4,6,9-10H,5,7-8H2,1-3H3,(H2,14,15,16)/t10-/m0/s1. The second-order valence-electron chi connectivity index (χ2n) is 4.46. The summed E-state index contributed by atoms with van der Waals surface area (Å²) in [4.78, 5) is 10.3. The molecule has 0 bridgehead atoms. The van der Waals surface area contributed by atoms with E-state index in [9.17, 15) is 0 Å². The fourth-order valence-electron chi connectivity index (χ4n) is 1.74. The van der Waals surface area contributed by atoms with E-state index in [0.717, 1.165) is 16.9 Å². The molecular formula is C12H21IN4O. The molecule has 0 aliphatic carbocycles. The van der Waals surface area contributed by atoms with Gasteiger partial charge in [-0.25, -0.2) is 4.98 Å². The van der Waals surface area contributed by atoms with Crippen molar-refractivity contribution in [3.05, 3.63) is 12.3 Å². The van der Waals surface area contributed by atoms with Gasteiger partial charge in [-0.15, -0.1) is 0 Å². The first-order chi connectivity index (χ1) is 8.56. The second kappa shape index (κ2) is 7.73. The number of nitrogens with two attached hydrogens (primary N) is 1. The molecule has 6 heteroatoms. The summed E-state index contributed by atoms with van der Waals surface area (Å²) in [6.45, 7) is 5.84. The van der Waals surface area contributed by atoms with Gasteiger partial charge in [-0.3, -0.25) is 0 Å². The summed E-state index contributed by atoms with van der Waals surface area (Å²) >= 11 is 2.31. The Morgan fingerprint density at radius 1 is 1.50 bits per heavy atom. The van der Waals surface area contributed by atoms with Crippen LogP contribution >= 0.6 is 22.6 Å². The van der Waals surface area contributed by atoms with Crippen LogP contribution in [-0.2, 0) is 4.74 Å². The van der Waals surface area contributed by atoms with Gasteiger partial charge in [0.1, 0.15) is 5.82 Å². The number of anilines is 2. The molecule has 1 rings (SSSR count). The molecule has 1 aromatic heterocycles. The number of nitrogen functional groups attached to an aromatic ring is 1. The topological polar surface area (TPSA) is 64.3 Å². The molecule has 0 fully saturated rings. The summed E-state index contributed by atoms with van der Waals surface area (Å²) in [5.41, 5.74) is 5.61. The number of hydrogen-bond donors (Lipinski definition) is 1. The highest BCUT2D eigenvalue weighted by Crippen LogP contribution is 2.17. The minimum absolute atomic E-state index is 0.280. The number of alkyl halides is 1. The Labute approximate surface area is 122 Å². The summed E-state index contributed by atoms with van der Waals surface area (Å²) in [7, 11) is 2.01. The van der Waals surface area contributed by atoms with E-state index in [1.807, 2.05) is 13.1 Å². The average Bonchev–Trinajstić information content (AvgIpc) is 2.33. The van der Waals surface area contributed by atoms with Crippen molar-refractivity contribution in [1.29, 1.82) is 0 Å². The smallest absolute Gasteiger partial charge is 0.221 e. The van der Waals surface area contributed by atoms with E-state index in [4.69, 9.17) is 10.5 Å². The molecule has 0 amide bonds. The van der Waals surface area contributed by atoms with Crippen LogP contribution in [0.15, 0.2) is 12.3 Å². The molecule has 0 unspecified atom stereocenters. The fourth-order valence-corrected chi connectivity index (χ4v) is 2.05. The van der Waals surface area contributed by atoms with Crippen LogP contribution in [0.25, 0.3) is 0 Å². The zero-order valence-electron chi connectivity index (χ0n) is 11.1. The van der Waals surface area contributed by atoms with Crippen molar-refractivity contribution in [1.82, 2.24) is 9.97 Å². The van der Waals surface area contributed by atoms with Crippen molar-refractivity contribution in [2.24, 2.45) is 5.92 Å². The maximum Gasteiger partial charge on any atom is 0.221 e. The molecule has 0 aliphatic heterocycles. The number of aromatic nitrogens is 2. The highest BCUT2D eigenvalue weighted by molar-refractivity contribution is 14.1. The Kier molecular flexibility index (Phi) is 6.62. The van der Waals surface area contributed by atoms with Gasteiger partial charge in [0.05, 0.1) is 19.3 Å². The average molecular weight is 364 g/mol. The molecule has 0 radical (unpaired) electrons. The molecule has 1 heterocycles. The van der Waals surface area contributed by atoms with Gasteiger partial charge in [-0.2, -0.15) is 4.98 Å². The minimum Gasteiger partial charge on any atom is -0.379 e. The Morgan fingerprint density at radius 3 is 2.78 bits per heavy atom. The number of nitrogens with zero attached hydrogens (tertiary/aromatic N) is 3. The molecule has 102 valence electrons. The zero-order chi connectivity index (χ0) is 13.5.